The third kappa shape index (κ3) is 2.80. The van der Waals surface area contributed by atoms with E-state index in [0.29, 0.717) is 5.82 Å². The van der Waals surface area contributed by atoms with Crippen molar-refractivity contribution in [2.75, 3.05) is 11.4 Å². The molecule has 2 atom stereocenters. The van der Waals surface area contributed by atoms with Gasteiger partial charge in [-0.15, -0.1) is 0 Å². The van der Waals surface area contributed by atoms with Crippen LogP contribution in [0.3, 0.4) is 0 Å². The van der Waals surface area contributed by atoms with Crippen molar-refractivity contribution in [3.63, 3.8) is 0 Å². The van der Waals surface area contributed by atoms with Crippen LogP contribution in [0.1, 0.15) is 62.0 Å². The molecular weight excluding hydrogens is 359 g/mol. The van der Waals surface area contributed by atoms with Crippen LogP contribution < -0.4 is 10.2 Å². The summed E-state index contributed by atoms with van der Waals surface area (Å²) in [5.74, 6) is -1.15. The maximum absolute atomic E-state index is 14.4. The Hall–Kier alpha value is -3.03. The lowest BCUT2D eigenvalue weighted by Crippen LogP contribution is -2.33. The average molecular weight is 386 g/mol. The van der Waals surface area contributed by atoms with Crippen molar-refractivity contribution in [1.29, 1.82) is 0 Å². The number of nitrogens with zero attached hydrogens (tertiary/aromatic N) is 5. The second-order valence-corrected chi connectivity index (χ2v) is 6.77. The van der Waals surface area contributed by atoms with Gasteiger partial charge in [0.25, 0.3) is 5.91 Å². The van der Waals surface area contributed by atoms with Gasteiger partial charge < -0.3 is 10.2 Å². The van der Waals surface area contributed by atoms with Crippen molar-refractivity contribution in [2.24, 2.45) is 0 Å². The molecule has 5 rings (SSSR count). The van der Waals surface area contributed by atoms with E-state index in [9.17, 15) is 9.18 Å². The van der Waals surface area contributed by atoms with Crippen molar-refractivity contribution in [1.82, 2.24) is 24.9 Å². The first kappa shape index (κ1) is 11.7. The normalized spacial score (nSPS) is 30.8. The van der Waals surface area contributed by atoms with Gasteiger partial charge >= 0.3 is 0 Å². The molecule has 1 amide bonds. The Kier molecular flexibility index (Phi) is 2.74. The fourth-order valence-electron chi connectivity index (χ4n) is 3.54. The molecule has 0 radical (unpaired) electrons. The third-order valence-corrected chi connectivity index (χ3v) is 4.89. The van der Waals surface area contributed by atoms with E-state index in [0.717, 1.165) is 12.3 Å². The first-order valence-electron chi connectivity index (χ1n) is 11.9. The molecule has 8 heteroatoms. The highest BCUT2D eigenvalue weighted by Crippen LogP contribution is 2.37. The molecule has 3 aromatic rings. The van der Waals surface area contributed by atoms with E-state index in [1.807, 2.05) is 0 Å². The van der Waals surface area contributed by atoms with E-state index in [2.05, 4.69) is 20.4 Å². The van der Waals surface area contributed by atoms with E-state index >= 15 is 0 Å². The monoisotopic (exact) mass is 386 g/mol. The Labute approximate surface area is 170 Å². The second kappa shape index (κ2) is 6.54. The van der Waals surface area contributed by atoms with E-state index in [1.54, 1.807) is 17.2 Å². The molecule has 7 nitrogen and oxygen atoms in total. The molecule has 3 aromatic heterocycles. The van der Waals surface area contributed by atoms with Gasteiger partial charge in [0, 0.05) is 32.7 Å². The van der Waals surface area contributed by atoms with E-state index in [4.69, 9.17) is 8.22 Å². The minimum atomic E-state index is -2.77. The van der Waals surface area contributed by atoms with E-state index in [1.165, 1.54) is 17.6 Å². The summed E-state index contributed by atoms with van der Waals surface area (Å²) in [4.78, 5) is 23.0. The number of carbonyl (C=O) groups excluding carboxylic acids is 1. The Bertz CT molecular complexity index is 1310. The highest BCUT2D eigenvalue weighted by Gasteiger charge is 2.31. The zero-order chi connectivity index (χ0) is 24.6. The summed E-state index contributed by atoms with van der Waals surface area (Å²) in [5, 5.41) is 6.61. The van der Waals surface area contributed by atoms with Crippen LogP contribution in [0.2, 0.25) is 0 Å². The molecule has 5 heterocycles. The maximum atomic E-state index is 14.4. The van der Waals surface area contributed by atoms with Crippen LogP contribution in [-0.2, 0) is 6.37 Å². The smallest absolute Gasteiger partial charge is 0.256 e. The van der Waals surface area contributed by atoms with Crippen LogP contribution >= 0.6 is 0 Å². The Morgan fingerprint density at radius 2 is 2.29 bits per heavy atom. The number of aryl methyl sites for hydroxylation is 1. The molecule has 0 spiro atoms. The Morgan fingerprint density at radius 3 is 3.18 bits per heavy atom. The largest absolute Gasteiger partial charge is 0.349 e. The van der Waals surface area contributed by atoms with Crippen LogP contribution in [0.25, 0.3) is 5.65 Å². The van der Waals surface area contributed by atoms with Crippen molar-refractivity contribution in [3.8, 4) is 0 Å². The lowest BCUT2D eigenvalue weighted by Gasteiger charge is -2.27. The maximum Gasteiger partial charge on any atom is 0.256 e. The zero-order valence-electron chi connectivity index (χ0n) is 21.0. The molecule has 0 aromatic carbocycles. The first-order valence-corrected chi connectivity index (χ1v) is 8.90. The summed E-state index contributed by atoms with van der Waals surface area (Å²) in [6.45, 7) is 1.21. The summed E-state index contributed by atoms with van der Waals surface area (Å²) < 4.78 is 67.1. The number of fused-ring (bicyclic) bond motifs is 5. The van der Waals surface area contributed by atoms with Crippen molar-refractivity contribution < 1.29 is 17.4 Å². The van der Waals surface area contributed by atoms with Crippen LogP contribution in [0.5, 0.6) is 0 Å². The van der Waals surface area contributed by atoms with Gasteiger partial charge in [-0.25, -0.2) is 13.9 Å². The van der Waals surface area contributed by atoms with Crippen LogP contribution in [0, 0.1) is 5.82 Å². The minimum absolute atomic E-state index is 0.0310. The number of aromatic nitrogens is 4. The predicted octanol–water partition coefficient (Wildman–Crippen LogP) is 2.67. The number of hydrogen-bond acceptors (Lipinski definition) is 5. The fourth-order valence-corrected chi connectivity index (χ4v) is 3.54. The zero-order valence-corrected chi connectivity index (χ0v) is 15.0. The fraction of sp³-hybridized carbons (Fsp3) is 0.400. The molecule has 0 unspecified atom stereocenters. The molecule has 1 N–H and O–H groups in total. The number of amides is 1. The highest BCUT2D eigenvalue weighted by atomic mass is 19.1. The Morgan fingerprint density at radius 1 is 1.39 bits per heavy atom. The van der Waals surface area contributed by atoms with Gasteiger partial charge in [0.05, 0.1) is 18.4 Å². The van der Waals surface area contributed by atoms with Crippen LogP contribution in [-0.4, -0.2) is 38.1 Å². The lowest BCUT2D eigenvalue weighted by atomic mass is 9.98. The second-order valence-electron chi connectivity index (χ2n) is 6.77. The number of anilines is 1. The van der Waals surface area contributed by atoms with Gasteiger partial charge in [-0.1, -0.05) is 0 Å². The molecule has 0 aliphatic carbocycles. The highest BCUT2D eigenvalue weighted by molar-refractivity contribution is 5.99. The van der Waals surface area contributed by atoms with Crippen molar-refractivity contribution in [2.45, 2.75) is 44.5 Å². The summed E-state index contributed by atoms with van der Waals surface area (Å²) in [5.41, 5.74) is -0.0852. The van der Waals surface area contributed by atoms with Crippen molar-refractivity contribution >= 4 is 17.4 Å². The number of rotatable bonds is 0. The summed E-state index contributed by atoms with van der Waals surface area (Å²) in [6, 6.07) is 0.458. The van der Waals surface area contributed by atoms with Gasteiger partial charge in [0.15, 0.2) is 5.65 Å². The minimum Gasteiger partial charge on any atom is -0.349 e. The van der Waals surface area contributed by atoms with E-state index in [-0.39, 0.29) is 35.4 Å². The van der Waals surface area contributed by atoms with E-state index < -0.39 is 42.9 Å². The third-order valence-electron chi connectivity index (χ3n) is 4.89. The molecule has 144 valence electrons. The molecule has 2 bridgehead atoms. The standard InChI is InChI=1S/C20H21FN6O/c1-12-4-5-16-14(9-13(21)10-22-16)17-3-2-7-26(17)18-6-8-27-19(25-18)15(11-23-27)20(28)24-12/h6,8-12,17H,2-5,7H2,1H3,(H,24,28)/t12-,17+/m1/s1/i2D2,4D2,5D2. The van der Waals surface area contributed by atoms with Gasteiger partial charge in [-0.3, -0.25) is 9.78 Å². The number of carbonyl (C=O) groups is 1. The SMILES string of the molecule is [2H]C1([2H])C[C@H]2c3cc(F)cnc3C([2H])([2H])C([2H])([2H])[C@@H](C)NC(=O)c3cnn4ccc(nc34)N2C1. The quantitative estimate of drug-likeness (QED) is 0.643. The Balaban J connectivity index is 1.82. The number of nitrogens with one attached hydrogen (secondary N) is 1. The number of halogens is 1. The summed E-state index contributed by atoms with van der Waals surface area (Å²) in [6.07, 6.45) is -3.62. The lowest BCUT2D eigenvalue weighted by molar-refractivity contribution is 0.0940. The molecular formula is C20H21FN6O. The van der Waals surface area contributed by atoms with Gasteiger partial charge in [-0.05, 0) is 50.2 Å². The van der Waals surface area contributed by atoms with Gasteiger partial charge in [0.2, 0.25) is 0 Å². The molecule has 28 heavy (non-hydrogen) atoms. The molecule has 1 fully saturated rings. The van der Waals surface area contributed by atoms with Gasteiger partial charge in [0.1, 0.15) is 17.2 Å². The molecule has 1 saturated heterocycles. The van der Waals surface area contributed by atoms with Crippen LogP contribution in [0.4, 0.5) is 10.2 Å². The average Bonchev–Trinajstić information content (AvgIpc) is 3.32. The summed E-state index contributed by atoms with van der Waals surface area (Å²) in [7, 11) is 0. The van der Waals surface area contributed by atoms with Gasteiger partial charge in [-0.2, -0.15) is 5.10 Å². The number of hydrogen-bond donors (Lipinski definition) is 1. The molecule has 0 saturated carbocycles. The molecule has 2 aliphatic rings. The number of pyridine rings is 1. The topological polar surface area (TPSA) is 75.4 Å². The first-order chi connectivity index (χ1) is 15.8. The van der Waals surface area contributed by atoms with Crippen molar-refractivity contribution in [3.05, 3.63) is 53.4 Å². The predicted molar refractivity (Wildman–Crippen MR) is 102 cm³/mol. The van der Waals surface area contributed by atoms with Crippen LogP contribution in [0.15, 0.2) is 30.7 Å². The molecule has 2 aliphatic heterocycles. The summed E-state index contributed by atoms with van der Waals surface area (Å²) >= 11 is 0.